The zero-order valence-corrected chi connectivity index (χ0v) is 12.0. The van der Waals surface area contributed by atoms with E-state index in [1.807, 2.05) is 6.07 Å². The van der Waals surface area contributed by atoms with Crippen molar-refractivity contribution in [3.63, 3.8) is 0 Å². The number of hydrogen-bond donors (Lipinski definition) is 1. The molecule has 0 aliphatic carbocycles. The van der Waals surface area contributed by atoms with Gasteiger partial charge in [-0.15, -0.1) is 0 Å². The third-order valence-electron chi connectivity index (χ3n) is 4.21. The van der Waals surface area contributed by atoms with E-state index in [-0.39, 0.29) is 5.82 Å². The molecule has 1 aliphatic heterocycles. The predicted octanol–water partition coefficient (Wildman–Crippen LogP) is 2.49. The molecule has 0 atom stereocenters. The Kier molecular flexibility index (Phi) is 4.03. The Balaban J connectivity index is 1.54. The van der Waals surface area contributed by atoms with Crippen LogP contribution < -0.4 is 0 Å². The molecule has 0 unspecified atom stereocenters. The van der Waals surface area contributed by atoms with Gasteiger partial charge in [0.15, 0.2) is 0 Å². The van der Waals surface area contributed by atoms with Crippen LogP contribution in [0.5, 0.6) is 0 Å². The number of halogens is 1. The van der Waals surface area contributed by atoms with Crippen molar-refractivity contribution in [1.29, 1.82) is 0 Å². The molecule has 1 aromatic heterocycles. The van der Waals surface area contributed by atoms with Gasteiger partial charge in [0.05, 0.1) is 5.52 Å². The van der Waals surface area contributed by atoms with Crippen molar-refractivity contribution in [3.05, 3.63) is 35.8 Å². The summed E-state index contributed by atoms with van der Waals surface area (Å²) in [5.74, 6) is -0.137. The summed E-state index contributed by atoms with van der Waals surface area (Å²) in [5.41, 5.74) is 1.72. The van der Waals surface area contributed by atoms with Crippen molar-refractivity contribution in [1.82, 2.24) is 14.8 Å². The molecule has 1 aliphatic rings. The van der Waals surface area contributed by atoms with Gasteiger partial charge in [0.2, 0.25) is 0 Å². The second-order valence-corrected chi connectivity index (χ2v) is 5.77. The molecule has 3 nitrogen and oxygen atoms in total. The summed E-state index contributed by atoms with van der Waals surface area (Å²) in [6, 6.07) is 5.70. The van der Waals surface area contributed by atoms with Crippen molar-refractivity contribution in [2.24, 2.45) is 0 Å². The van der Waals surface area contributed by atoms with Gasteiger partial charge in [-0.3, -0.25) is 0 Å². The van der Waals surface area contributed by atoms with Crippen LogP contribution in [0.3, 0.4) is 0 Å². The molecule has 108 valence electrons. The van der Waals surface area contributed by atoms with Crippen molar-refractivity contribution in [2.45, 2.75) is 12.8 Å². The minimum Gasteiger partial charge on any atom is -0.359 e. The molecule has 4 heteroatoms. The smallest absolute Gasteiger partial charge is 0.147 e. The number of fused-ring (bicyclic) bond motifs is 1. The van der Waals surface area contributed by atoms with Crippen molar-refractivity contribution in [3.8, 4) is 0 Å². The van der Waals surface area contributed by atoms with Gasteiger partial charge in [0.25, 0.3) is 0 Å². The number of benzene rings is 1. The van der Waals surface area contributed by atoms with E-state index in [1.165, 1.54) is 0 Å². The van der Waals surface area contributed by atoms with E-state index in [0.717, 1.165) is 56.5 Å². The number of piperazine rings is 1. The monoisotopic (exact) mass is 275 g/mol. The number of H-pyrrole nitrogens is 1. The van der Waals surface area contributed by atoms with E-state index in [1.54, 1.807) is 12.3 Å². The first kappa shape index (κ1) is 13.6. The fourth-order valence-corrected chi connectivity index (χ4v) is 2.91. The number of aromatic nitrogens is 1. The Labute approximate surface area is 119 Å². The Morgan fingerprint density at radius 3 is 2.80 bits per heavy atom. The van der Waals surface area contributed by atoms with E-state index < -0.39 is 0 Å². The highest BCUT2D eigenvalue weighted by atomic mass is 19.1. The summed E-state index contributed by atoms with van der Waals surface area (Å²) in [6.07, 6.45) is 3.84. The van der Waals surface area contributed by atoms with Crippen LogP contribution in [0.25, 0.3) is 10.9 Å². The lowest BCUT2D eigenvalue weighted by Gasteiger charge is -2.32. The van der Waals surface area contributed by atoms with E-state index in [4.69, 9.17) is 0 Å². The molecule has 1 saturated heterocycles. The number of nitrogens with one attached hydrogen (secondary N) is 1. The zero-order valence-electron chi connectivity index (χ0n) is 12.0. The van der Waals surface area contributed by atoms with E-state index in [9.17, 15) is 4.39 Å². The molecule has 0 radical (unpaired) electrons. The van der Waals surface area contributed by atoms with E-state index >= 15 is 0 Å². The summed E-state index contributed by atoms with van der Waals surface area (Å²) in [4.78, 5) is 7.81. The summed E-state index contributed by atoms with van der Waals surface area (Å²) in [6.45, 7) is 5.73. The molecule has 2 aromatic rings. The third kappa shape index (κ3) is 3.02. The van der Waals surface area contributed by atoms with Gasteiger partial charge in [-0.05, 0) is 50.2 Å². The van der Waals surface area contributed by atoms with Crippen LogP contribution in [0.1, 0.15) is 12.0 Å². The Morgan fingerprint density at radius 1 is 1.20 bits per heavy atom. The number of rotatable bonds is 4. The average Bonchev–Trinajstić information content (AvgIpc) is 2.90. The largest absolute Gasteiger partial charge is 0.359 e. The highest BCUT2D eigenvalue weighted by Gasteiger charge is 2.13. The summed E-state index contributed by atoms with van der Waals surface area (Å²) in [5, 5.41) is 0.972. The standard InChI is InChI=1S/C16H22FN3/c1-19-7-9-20(10-8-19)6-2-3-13-11-14-4-5-18-16(14)15(17)12-13/h4-5,11-12,18H,2-3,6-10H2,1H3. The second kappa shape index (κ2) is 5.94. The van der Waals surface area contributed by atoms with E-state index in [0.29, 0.717) is 5.52 Å². The summed E-state index contributed by atoms with van der Waals surface area (Å²) >= 11 is 0. The second-order valence-electron chi connectivity index (χ2n) is 5.77. The normalized spacial score (nSPS) is 17.9. The van der Waals surface area contributed by atoms with E-state index in [2.05, 4.69) is 27.9 Å². The number of aromatic amines is 1. The predicted molar refractivity (Wildman–Crippen MR) is 80.5 cm³/mol. The molecule has 3 rings (SSSR count). The number of hydrogen-bond acceptors (Lipinski definition) is 2. The lowest BCUT2D eigenvalue weighted by molar-refractivity contribution is 0.153. The molecule has 1 N–H and O–H groups in total. The van der Waals surface area contributed by atoms with Gasteiger partial charge >= 0.3 is 0 Å². The third-order valence-corrected chi connectivity index (χ3v) is 4.21. The Bertz CT molecular complexity index is 570. The zero-order chi connectivity index (χ0) is 13.9. The van der Waals surface area contributed by atoms with Crippen molar-refractivity contribution < 1.29 is 4.39 Å². The van der Waals surface area contributed by atoms with Crippen molar-refractivity contribution >= 4 is 10.9 Å². The number of nitrogens with zero attached hydrogens (tertiary/aromatic N) is 2. The molecule has 1 fully saturated rings. The Morgan fingerprint density at radius 2 is 2.00 bits per heavy atom. The van der Waals surface area contributed by atoms with Gasteiger partial charge in [0.1, 0.15) is 5.82 Å². The number of likely N-dealkylation sites (N-methyl/N-ethyl adjacent to an activating group) is 1. The van der Waals surface area contributed by atoms with Crippen LogP contribution in [0.2, 0.25) is 0 Å². The molecular formula is C16H22FN3. The topological polar surface area (TPSA) is 22.3 Å². The minimum absolute atomic E-state index is 0.137. The Hall–Kier alpha value is -1.39. The summed E-state index contributed by atoms with van der Waals surface area (Å²) < 4.78 is 13.9. The van der Waals surface area contributed by atoms with Crippen LogP contribution in [0.15, 0.2) is 24.4 Å². The lowest BCUT2D eigenvalue weighted by atomic mass is 10.1. The minimum atomic E-state index is -0.137. The molecule has 0 amide bonds. The van der Waals surface area contributed by atoms with Gasteiger partial charge in [0, 0.05) is 37.8 Å². The molecule has 0 bridgehead atoms. The number of aryl methyl sites for hydroxylation is 1. The van der Waals surface area contributed by atoms with Gasteiger partial charge < -0.3 is 14.8 Å². The maximum atomic E-state index is 13.9. The molecule has 0 spiro atoms. The first-order chi connectivity index (χ1) is 9.72. The molecule has 2 heterocycles. The highest BCUT2D eigenvalue weighted by molar-refractivity contribution is 5.80. The van der Waals surface area contributed by atoms with Crippen LogP contribution >= 0.6 is 0 Å². The lowest BCUT2D eigenvalue weighted by Crippen LogP contribution is -2.44. The quantitative estimate of drug-likeness (QED) is 0.926. The highest BCUT2D eigenvalue weighted by Crippen LogP contribution is 2.19. The molecule has 1 aromatic carbocycles. The van der Waals surface area contributed by atoms with Crippen LogP contribution in [-0.4, -0.2) is 54.6 Å². The van der Waals surface area contributed by atoms with Gasteiger partial charge in [-0.25, -0.2) is 4.39 Å². The first-order valence-electron chi connectivity index (χ1n) is 7.39. The maximum Gasteiger partial charge on any atom is 0.147 e. The van der Waals surface area contributed by atoms with Crippen LogP contribution in [-0.2, 0) is 6.42 Å². The van der Waals surface area contributed by atoms with Gasteiger partial charge in [-0.1, -0.05) is 0 Å². The summed E-state index contributed by atoms with van der Waals surface area (Å²) in [7, 11) is 2.17. The van der Waals surface area contributed by atoms with Crippen LogP contribution in [0, 0.1) is 5.82 Å². The first-order valence-corrected chi connectivity index (χ1v) is 7.39. The fourth-order valence-electron chi connectivity index (χ4n) is 2.91. The fraction of sp³-hybridized carbons (Fsp3) is 0.500. The maximum absolute atomic E-state index is 13.9. The SMILES string of the molecule is CN1CCN(CCCc2cc(F)c3[nH]ccc3c2)CC1. The molecule has 20 heavy (non-hydrogen) atoms. The van der Waals surface area contributed by atoms with Gasteiger partial charge in [-0.2, -0.15) is 0 Å². The molecular weight excluding hydrogens is 253 g/mol. The van der Waals surface area contributed by atoms with Crippen molar-refractivity contribution in [2.75, 3.05) is 39.8 Å². The van der Waals surface area contributed by atoms with Crippen LogP contribution in [0.4, 0.5) is 4.39 Å². The average molecular weight is 275 g/mol. The molecule has 0 saturated carbocycles.